The van der Waals surface area contributed by atoms with Crippen LogP contribution >= 0.6 is 0 Å². The van der Waals surface area contributed by atoms with Crippen LogP contribution in [-0.4, -0.2) is 16.7 Å². The van der Waals surface area contributed by atoms with Crippen LogP contribution < -0.4 is 5.73 Å². The Labute approximate surface area is 96.4 Å². The predicted molar refractivity (Wildman–Crippen MR) is 60.7 cm³/mol. The zero-order valence-corrected chi connectivity index (χ0v) is 10.7. The molecule has 5 heteroatoms. The fourth-order valence-corrected chi connectivity index (χ4v) is 1.42. The molecule has 0 spiro atoms. The highest BCUT2D eigenvalue weighted by Crippen LogP contribution is 2.34. The van der Waals surface area contributed by atoms with Crippen LogP contribution in [0.3, 0.4) is 0 Å². The molecule has 0 fully saturated rings. The Morgan fingerprint density at radius 1 is 1.44 bits per heavy atom. The van der Waals surface area contributed by atoms with Gasteiger partial charge in [-0.25, -0.2) is 0 Å². The second-order valence-corrected chi connectivity index (χ2v) is 4.98. The molecule has 1 aromatic heterocycles. The highest BCUT2D eigenvalue weighted by atomic mass is 16.5. The Hall–Kier alpha value is -0.940. The molecule has 5 nitrogen and oxygen atoms in total. The molecule has 16 heavy (non-hydrogen) atoms. The van der Waals surface area contributed by atoms with Crippen molar-refractivity contribution in [3.63, 3.8) is 0 Å². The summed E-state index contributed by atoms with van der Waals surface area (Å²) >= 11 is 0. The van der Waals surface area contributed by atoms with Crippen molar-refractivity contribution < 1.29 is 9.26 Å². The summed E-state index contributed by atoms with van der Waals surface area (Å²) in [5, 5.41) is 3.93. The van der Waals surface area contributed by atoms with Crippen molar-refractivity contribution in [2.24, 2.45) is 11.1 Å². The molecule has 2 N–H and O–H groups in total. The summed E-state index contributed by atoms with van der Waals surface area (Å²) in [6, 6.07) is -0.247. The smallest absolute Gasteiger partial charge is 0.243 e. The quantitative estimate of drug-likeness (QED) is 0.853. The van der Waals surface area contributed by atoms with Gasteiger partial charge in [0.1, 0.15) is 6.10 Å². The molecule has 1 heterocycles. The maximum atomic E-state index is 5.67. The van der Waals surface area contributed by atoms with Gasteiger partial charge in [0, 0.05) is 6.61 Å². The normalized spacial score (nSPS) is 16.1. The van der Waals surface area contributed by atoms with Gasteiger partial charge in [-0.05, 0) is 19.3 Å². The van der Waals surface area contributed by atoms with Gasteiger partial charge in [-0.2, -0.15) is 4.98 Å². The largest absolute Gasteiger partial charge is 0.370 e. The van der Waals surface area contributed by atoms with Crippen LogP contribution in [0.25, 0.3) is 0 Å². The number of nitrogens with zero attached hydrogens (tertiary/aromatic N) is 2. The third kappa shape index (κ3) is 3.02. The Kier molecular flexibility index (Phi) is 4.04. The molecule has 0 aliphatic heterocycles. The zero-order chi connectivity index (χ0) is 12.3. The fourth-order valence-electron chi connectivity index (χ4n) is 1.42. The fraction of sp³-hybridized carbons (Fsp3) is 0.818. The van der Waals surface area contributed by atoms with Crippen molar-refractivity contribution in [1.29, 1.82) is 0 Å². The summed E-state index contributed by atoms with van der Waals surface area (Å²) in [4.78, 5) is 4.27. The Bertz CT molecular complexity index is 328. The third-order valence-electron chi connectivity index (χ3n) is 2.20. The molecule has 0 aromatic carbocycles. The minimum Gasteiger partial charge on any atom is -0.370 e. The molecular formula is C11H21N3O2. The van der Waals surface area contributed by atoms with E-state index in [2.05, 4.69) is 30.9 Å². The Morgan fingerprint density at radius 2 is 2.06 bits per heavy atom. The van der Waals surface area contributed by atoms with Gasteiger partial charge < -0.3 is 15.0 Å². The lowest BCUT2D eigenvalue weighted by atomic mass is 9.88. The monoisotopic (exact) mass is 227 g/mol. The number of hydrogen-bond acceptors (Lipinski definition) is 5. The van der Waals surface area contributed by atoms with E-state index < -0.39 is 0 Å². The summed E-state index contributed by atoms with van der Waals surface area (Å²) in [5.74, 6) is 1.02. The van der Waals surface area contributed by atoms with Crippen LogP contribution in [0.2, 0.25) is 0 Å². The number of ether oxygens (including phenoxy) is 1. The second-order valence-electron chi connectivity index (χ2n) is 4.98. The minimum absolute atomic E-state index is 0.0744. The van der Waals surface area contributed by atoms with Crippen molar-refractivity contribution in [3.8, 4) is 0 Å². The standard InChI is InChI=1S/C11H21N3O2/c1-6-15-8(11(3,4)5)9-13-10(7(2)12)16-14-9/h7-8H,6,12H2,1-5H3. The van der Waals surface area contributed by atoms with Gasteiger partial charge in [0.2, 0.25) is 11.7 Å². The lowest BCUT2D eigenvalue weighted by molar-refractivity contribution is -0.0203. The minimum atomic E-state index is -0.247. The Morgan fingerprint density at radius 3 is 2.44 bits per heavy atom. The number of rotatable bonds is 4. The van der Waals surface area contributed by atoms with E-state index in [4.69, 9.17) is 15.0 Å². The molecule has 92 valence electrons. The van der Waals surface area contributed by atoms with Crippen LogP contribution in [0, 0.1) is 5.41 Å². The first-order valence-electron chi connectivity index (χ1n) is 5.57. The van der Waals surface area contributed by atoms with Crippen LogP contribution in [0.15, 0.2) is 4.52 Å². The summed E-state index contributed by atoms with van der Waals surface area (Å²) in [5.41, 5.74) is 5.60. The maximum absolute atomic E-state index is 5.67. The molecule has 1 aromatic rings. The van der Waals surface area contributed by atoms with Crippen molar-refractivity contribution in [1.82, 2.24) is 10.1 Å². The van der Waals surface area contributed by atoms with Gasteiger partial charge in [0.25, 0.3) is 0 Å². The molecule has 0 radical (unpaired) electrons. The van der Waals surface area contributed by atoms with E-state index >= 15 is 0 Å². The van der Waals surface area contributed by atoms with Gasteiger partial charge in [0.15, 0.2) is 0 Å². The maximum Gasteiger partial charge on any atom is 0.243 e. The van der Waals surface area contributed by atoms with E-state index in [9.17, 15) is 0 Å². The number of aromatic nitrogens is 2. The molecule has 0 saturated carbocycles. The molecule has 2 atom stereocenters. The van der Waals surface area contributed by atoms with Crippen molar-refractivity contribution in [3.05, 3.63) is 11.7 Å². The summed E-state index contributed by atoms with van der Waals surface area (Å²) in [7, 11) is 0. The van der Waals surface area contributed by atoms with Crippen molar-refractivity contribution in [2.75, 3.05) is 6.61 Å². The van der Waals surface area contributed by atoms with Gasteiger partial charge in [-0.15, -0.1) is 0 Å². The number of hydrogen-bond donors (Lipinski definition) is 1. The van der Waals surface area contributed by atoms with E-state index in [0.29, 0.717) is 18.3 Å². The van der Waals surface area contributed by atoms with E-state index in [1.54, 1.807) is 0 Å². The van der Waals surface area contributed by atoms with Gasteiger partial charge in [0.05, 0.1) is 6.04 Å². The zero-order valence-electron chi connectivity index (χ0n) is 10.7. The van der Waals surface area contributed by atoms with Gasteiger partial charge in [-0.3, -0.25) is 0 Å². The highest BCUT2D eigenvalue weighted by molar-refractivity contribution is 4.98. The van der Waals surface area contributed by atoms with E-state index in [1.807, 2.05) is 13.8 Å². The van der Waals surface area contributed by atoms with Gasteiger partial charge >= 0.3 is 0 Å². The molecule has 0 aliphatic rings. The highest BCUT2D eigenvalue weighted by Gasteiger charge is 2.31. The van der Waals surface area contributed by atoms with Crippen molar-refractivity contribution >= 4 is 0 Å². The van der Waals surface area contributed by atoms with Crippen molar-refractivity contribution in [2.45, 2.75) is 46.8 Å². The van der Waals surface area contributed by atoms with E-state index in [-0.39, 0.29) is 17.6 Å². The summed E-state index contributed by atoms with van der Waals surface area (Å²) < 4.78 is 10.7. The van der Waals surface area contributed by atoms with Crippen LogP contribution in [0.5, 0.6) is 0 Å². The molecule has 0 amide bonds. The average Bonchev–Trinajstić information content (AvgIpc) is 2.60. The molecule has 0 aliphatic carbocycles. The Balaban J connectivity index is 2.93. The molecule has 2 unspecified atom stereocenters. The summed E-state index contributed by atoms with van der Waals surface area (Å²) in [6.45, 7) is 10.6. The second kappa shape index (κ2) is 4.93. The third-order valence-corrected chi connectivity index (χ3v) is 2.20. The lowest BCUT2D eigenvalue weighted by Crippen LogP contribution is -2.22. The average molecular weight is 227 g/mol. The molecular weight excluding hydrogens is 206 g/mol. The first kappa shape index (κ1) is 13.1. The molecule has 0 bridgehead atoms. The first-order chi connectivity index (χ1) is 7.36. The first-order valence-corrected chi connectivity index (χ1v) is 5.57. The van der Waals surface area contributed by atoms with Crippen LogP contribution in [-0.2, 0) is 4.74 Å². The number of nitrogens with two attached hydrogens (primary N) is 1. The topological polar surface area (TPSA) is 74.2 Å². The summed E-state index contributed by atoms with van der Waals surface area (Å²) in [6.07, 6.45) is -0.172. The SMILES string of the molecule is CCOC(c1noc(C(C)N)n1)C(C)(C)C. The predicted octanol–water partition coefficient (Wildman–Crippen LogP) is 2.21. The van der Waals surface area contributed by atoms with E-state index in [0.717, 1.165) is 0 Å². The lowest BCUT2D eigenvalue weighted by Gasteiger charge is -2.27. The van der Waals surface area contributed by atoms with Gasteiger partial charge in [-0.1, -0.05) is 25.9 Å². The molecule has 1 rings (SSSR count). The molecule has 0 saturated heterocycles. The van der Waals surface area contributed by atoms with Crippen LogP contribution in [0.4, 0.5) is 0 Å². The van der Waals surface area contributed by atoms with E-state index in [1.165, 1.54) is 0 Å². The van der Waals surface area contributed by atoms with Crippen LogP contribution in [0.1, 0.15) is 58.5 Å².